The van der Waals surface area contributed by atoms with Crippen LogP contribution in [-0.2, 0) is 65.4 Å². The highest BCUT2D eigenvalue weighted by molar-refractivity contribution is 7.47. The van der Waals surface area contributed by atoms with Crippen molar-refractivity contribution in [2.24, 2.45) is 23.7 Å². The predicted molar refractivity (Wildman–Crippen MR) is 400 cm³/mol. The summed E-state index contributed by atoms with van der Waals surface area (Å²) >= 11 is 0. The second kappa shape index (κ2) is 68.2. The van der Waals surface area contributed by atoms with Crippen LogP contribution < -0.4 is 0 Å². The zero-order valence-corrected chi connectivity index (χ0v) is 66.2. The molecule has 0 spiro atoms. The normalized spacial score (nSPS) is 14.6. The molecule has 0 saturated heterocycles. The second-order valence-electron chi connectivity index (χ2n) is 29.9. The Bertz CT molecular complexity index is 1920. The van der Waals surface area contributed by atoms with Crippen molar-refractivity contribution in [3.05, 3.63) is 0 Å². The molecule has 17 nitrogen and oxygen atoms in total. The molecule has 3 N–H and O–H groups in total. The number of rotatable bonds is 76. The molecule has 7 atom stereocenters. The number of aliphatic hydroxyl groups is 1. The predicted octanol–water partition coefficient (Wildman–Crippen LogP) is 23.2. The molecule has 0 aliphatic heterocycles. The molecule has 19 heteroatoms. The van der Waals surface area contributed by atoms with Crippen LogP contribution in [0.5, 0.6) is 0 Å². The first kappa shape index (κ1) is 96.1. The van der Waals surface area contributed by atoms with Gasteiger partial charge < -0.3 is 33.8 Å². The fraction of sp³-hybridized carbons (Fsp3) is 0.949. The van der Waals surface area contributed by atoms with Crippen molar-refractivity contribution in [1.29, 1.82) is 0 Å². The summed E-state index contributed by atoms with van der Waals surface area (Å²) in [7, 11) is -9.92. The molecule has 0 radical (unpaired) electrons. The molecule has 0 aliphatic carbocycles. The summed E-state index contributed by atoms with van der Waals surface area (Å²) in [5, 5.41) is 10.6. The van der Waals surface area contributed by atoms with Gasteiger partial charge in [0.25, 0.3) is 0 Å². The van der Waals surface area contributed by atoms with E-state index in [0.29, 0.717) is 31.6 Å². The number of carbonyl (C=O) groups is 4. The van der Waals surface area contributed by atoms with Gasteiger partial charge in [0.2, 0.25) is 0 Å². The van der Waals surface area contributed by atoms with Crippen LogP contribution in [-0.4, -0.2) is 96.7 Å². The zero-order chi connectivity index (χ0) is 72.4. The van der Waals surface area contributed by atoms with Crippen LogP contribution in [0.25, 0.3) is 0 Å². The van der Waals surface area contributed by atoms with Gasteiger partial charge >= 0.3 is 39.5 Å². The summed E-state index contributed by atoms with van der Waals surface area (Å²) in [6.07, 6.45) is 54.4. The molecule has 0 rings (SSSR count). The third-order valence-electron chi connectivity index (χ3n) is 19.0. The van der Waals surface area contributed by atoms with E-state index < -0.39 is 97.5 Å². The zero-order valence-electron chi connectivity index (χ0n) is 64.4. The Balaban J connectivity index is 5.16. The highest BCUT2D eigenvalue weighted by Crippen LogP contribution is 2.45. The van der Waals surface area contributed by atoms with Crippen LogP contribution >= 0.6 is 15.6 Å². The minimum Gasteiger partial charge on any atom is -0.462 e. The van der Waals surface area contributed by atoms with E-state index in [-0.39, 0.29) is 25.7 Å². The van der Waals surface area contributed by atoms with Crippen molar-refractivity contribution in [2.45, 2.75) is 420 Å². The number of hydrogen-bond donors (Lipinski definition) is 3. The maximum Gasteiger partial charge on any atom is 0.472 e. The van der Waals surface area contributed by atoms with E-state index in [9.17, 15) is 43.2 Å². The van der Waals surface area contributed by atoms with E-state index >= 15 is 0 Å². The van der Waals surface area contributed by atoms with Gasteiger partial charge in [0.1, 0.15) is 19.3 Å². The molecule has 0 aromatic carbocycles. The molecule has 582 valence electrons. The van der Waals surface area contributed by atoms with Gasteiger partial charge in [0.15, 0.2) is 12.2 Å². The van der Waals surface area contributed by atoms with Gasteiger partial charge in [-0.2, -0.15) is 0 Å². The van der Waals surface area contributed by atoms with Gasteiger partial charge in [-0.1, -0.05) is 351 Å². The SMILES string of the molecule is CCC(C)CCCCCCCCCCCCCCCCC(=O)O[C@H](COC(=O)CCCCCCCCC(C)CC)COP(=O)(O)OC[C@H](O)COP(=O)(O)OC[C@@H](COC(=O)CCCCCCCCC(C)C)OC(=O)CCCCCCCCCCCCCCCCCCCCC(C)C. The lowest BCUT2D eigenvalue weighted by molar-refractivity contribution is -0.161. The molecule has 0 saturated carbocycles. The fourth-order valence-electron chi connectivity index (χ4n) is 12.0. The molecule has 0 aromatic heterocycles. The Morgan fingerprint density at radius 1 is 0.286 bits per heavy atom. The van der Waals surface area contributed by atoms with E-state index in [1.54, 1.807) is 0 Å². The smallest absolute Gasteiger partial charge is 0.462 e. The number of hydrogen-bond acceptors (Lipinski definition) is 15. The number of esters is 4. The largest absolute Gasteiger partial charge is 0.472 e. The van der Waals surface area contributed by atoms with Gasteiger partial charge in [-0.3, -0.25) is 37.3 Å². The van der Waals surface area contributed by atoms with Crippen LogP contribution in [0.2, 0.25) is 0 Å². The van der Waals surface area contributed by atoms with Crippen LogP contribution in [0, 0.1) is 23.7 Å². The summed E-state index contributed by atoms with van der Waals surface area (Å²) < 4.78 is 68.6. The first-order valence-electron chi connectivity index (χ1n) is 40.8. The van der Waals surface area contributed by atoms with E-state index in [1.807, 2.05) is 0 Å². The summed E-state index contributed by atoms with van der Waals surface area (Å²) in [5.41, 5.74) is 0. The van der Waals surface area contributed by atoms with Crippen molar-refractivity contribution in [2.75, 3.05) is 39.6 Å². The van der Waals surface area contributed by atoms with E-state index in [0.717, 1.165) is 120 Å². The number of phosphoric ester groups is 2. The molecule has 98 heavy (non-hydrogen) atoms. The fourth-order valence-corrected chi connectivity index (χ4v) is 13.6. The third kappa shape index (κ3) is 69.8. The van der Waals surface area contributed by atoms with Crippen molar-refractivity contribution >= 4 is 39.5 Å². The summed E-state index contributed by atoms with van der Waals surface area (Å²) in [6, 6.07) is 0. The molecule has 0 fully saturated rings. The highest BCUT2D eigenvalue weighted by Gasteiger charge is 2.30. The molecule has 0 heterocycles. The van der Waals surface area contributed by atoms with Crippen LogP contribution in [0.15, 0.2) is 0 Å². The number of unbranched alkanes of at least 4 members (excludes halogenated alkanes) is 40. The standard InChI is InChI=1S/C79H154O17P2/c1-9-71(7)57-49-41-32-28-24-20-17-18-22-26-30-34-46-54-62-79(84)96-75(66-90-77(82)60-52-44-38-36-42-50-58-72(8)10-2)68-94-98(87,88)92-64-73(80)63-91-97(85,86)93-67-74(65-89-76(81)59-51-43-37-35-40-48-56-70(5)6)95-78(83)61-53-45-33-29-25-21-16-14-12-11-13-15-19-23-27-31-39-47-55-69(3)4/h69-75,80H,9-68H2,1-8H3,(H,85,86)(H,87,88)/t71?,72?,73-,74-,75-/m1/s1. The van der Waals surface area contributed by atoms with Crippen molar-refractivity contribution in [3.63, 3.8) is 0 Å². The maximum absolute atomic E-state index is 13.1. The van der Waals surface area contributed by atoms with Crippen LogP contribution in [0.1, 0.15) is 402 Å². The van der Waals surface area contributed by atoms with Gasteiger partial charge in [0, 0.05) is 25.7 Å². The van der Waals surface area contributed by atoms with Crippen LogP contribution in [0.3, 0.4) is 0 Å². The molecule has 4 unspecified atom stereocenters. The molecule has 0 bridgehead atoms. The van der Waals surface area contributed by atoms with Gasteiger partial charge in [-0.15, -0.1) is 0 Å². The second-order valence-corrected chi connectivity index (χ2v) is 32.8. The van der Waals surface area contributed by atoms with Gasteiger partial charge in [-0.25, -0.2) is 9.13 Å². The Morgan fingerprint density at radius 3 is 0.724 bits per heavy atom. The number of ether oxygens (including phenoxy) is 4. The minimum absolute atomic E-state index is 0.106. The molecule has 0 aliphatic rings. The monoisotopic (exact) mass is 1440 g/mol. The quantitative estimate of drug-likeness (QED) is 0.0222. The average molecular weight is 1440 g/mol. The maximum atomic E-state index is 13.1. The van der Waals surface area contributed by atoms with Crippen molar-refractivity contribution < 1.29 is 80.2 Å². The lowest BCUT2D eigenvalue weighted by Gasteiger charge is -2.21. The van der Waals surface area contributed by atoms with Gasteiger partial charge in [0.05, 0.1) is 26.4 Å². The Morgan fingerprint density at radius 2 is 0.490 bits per heavy atom. The van der Waals surface area contributed by atoms with Crippen LogP contribution in [0.4, 0.5) is 0 Å². The summed E-state index contributed by atoms with van der Waals surface area (Å²) in [5.74, 6) is 0.955. The average Bonchev–Trinajstić information content (AvgIpc) is 1.01. The third-order valence-corrected chi connectivity index (χ3v) is 20.9. The summed E-state index contributed by atoms with van der Waals surface area (Å²) in [4.78, 5) is 72.8. The lowest BCUT2D eigenvalue weighted by atomic mass is 9.99. The van der Waals surface area contributed by atoms with Crippen molar-refractivity contribution in [1.82, 2.24) is 0 Å². The number of aliphatic hydroxyl groups excluding tert-OH is 1. The summed E-state index contributed by atoms with van der Waals surface area (Å²) in [6.45, 7) is 14.2. The lowest BCUT2D eigenvalue weighted by Crippen LogP contribution is -2.30. The highest BCUT2D eigenvalue weighted by atomic mass is 31.2. The van der Waals surface area contributed by atoms with E-state index in [2.05, 4.69) is 55.4 Å². The molecular weight excluding hydrogens is 1280 g/mol. The molecular formula is C79H154O17P2. The number of carbonyl (C=O) groups excluding carboxylic acids is 4. The number of phosphoric acid groups is 2. The van der Waals surface area contributed by atoms with Gasteiger partial charge in [-0.05, 0) is 49.4 Å². The Kier molecular flexibility index (Phi) is 66.8. The van der Waals surface area contributed by atoms with E-state index in [4.69, 9.17) is 37.0 Å². The minimum atomic E-state index is -4.96. The Hall–Kier alpha value is -1.94. The first-order chi connectivity index (χ1) is 47.2. The molecule has 0 amide bonds. The topological polar surface area (TPSA) is 237 Å². The Labute approximate surface area is 600 Å². The first-order valence-corrected chi connectivity index (χ1v) is 43.8. The van der Waals surface area contributed by atoms with E-state index in [1.165, 1.54) is 193 Å². The van der Waals surface area contributed by atoms with Crippen molar-refractivity contribution in [3.8, 4) is 0 Å². The molecule has 0 aromatic rings.